The molecule has 1 fully saturated rings. The largest absolute Gasteiger partial charge is 0.354 e. The average Bonchev–Trinajstić information content (AvgIpc) is 2.69. The third kappa shape index (κ3) is 3.29. The molecule has 0 amide bonds. The minimum Gasteiger partial charge on any atom is -0.354 e. The molecule has 1 aliphatic carbocycles. The number of hydrogen-bond acceptors (Lipinski definition) is 6. The maximum Gasteiger partial charge on any atom is 0.231 e. The third-order valence-corrected chi connectivity index (χ3v) is 3.92. The molecular weight excluding hydrogens is 252 g/mol. The van der Waals surface area contributed by atoms with Crippen molar-refractivity contribution in [3.63, 3.8) is 0 Å². The van der Waals surface area contributed by atoms with E-state index in [1.54, 1.807) is 0 Å². The zero-order valence-corrected chi connectivity index (χ0v) is 13.2. The van der Waals surface area contributed by atoms with Gasteiger partial charge in [-0.25, -0.2) is 0 Å². The Balaban J connectivity index is 2.22. The Morgan fingerprint density at radius 2 is 1.90 bits per heavy atom. The molecule has 2 rings (SSSR count). The second-order valence-corrected chi connectivity index (χ2v) is 6.29. The number of anilines is 3. The second-order valence-electron chi connectivity index (χ2n) is 6.29. The van der Waals surface area contributed by atoms with Crippen molar-refractivity contribution in [3.8, 4) is 0 Å². The Morgan fingerprint density at radius 3 is 2.45 bits per heavy atom. The van der Waals surface area contributed by atoms with Gasteiger partial charge in [0.25, 0.3) is 0 Å². The summed E-state index contributed by atoms with van der Waals surface area (Å²) in [7, 11) is 3.88. The van der Waals surface area contributed by atoms with Gasteiger partial charge in [0.2, 0.25) is 17.8 Å². The van der Waals surface area contributed by atoms with Crippen molar-refractivity contribution in [2.45, 2.75) is 46.1 Å². The molecule has 1 aromatic rings. The van der Waals surface area contributed by atoms with Crippen LogP contribution in [0.1, 0.15) is 40.0 Å². The Labute approximate surface area is 121 Å². The molecule has 0 radical (unpaired) electrons. The highest BCUT2D eigenvalue weighted by atomic mass is 15.3. The molecule has 0 aliphatic heterocycles. The standard InChI is InChI=1S/C14H26N6/c1-6-15-11-17-12(19-13(18-11)20(4)5)16-10-8-7-9-14(10,2)3/h10H,6-9H2,1-5H3,(H2,15,16,17,18,19). The van der Waals surface area contributed by atoms with Crippen LogP contribution in [0.4, 0.5) is 17.8 Å². The lowest BCUT2D eigenvalue weighted by molar-refractivity contribution is 0.349. The quantitative estimate of drug-likeness (QED) is 0.862. The van der Waals surface area contributed by atoms with Crippen LogP contribution in [-0.4, -0.2) is 41.6 Å². The molecular formula is C14H26N6. The zero-order valence-electron chi connectivity index (χ0n) is 13.2. The van der Waals surface area contributed by atoms with Crippen molar-refractivity contribution < 1.29 is 0 Å². The summed E-state index contributed by atoms with van der Waals surface area (Å²) in [5.74, 6) is 1.97. The van der Waals surface area contributed by atoms with Crippen LogP contribution in [0.5, 0.6) is 0 Å². The molecule has 1 saturated carbocycles. The average molecular weight is 278 g/mol. The number of nitrogens with zero attached hydrogens (tertiary/aromatic N) is 4. The van der Waals surface area contributed by atoms with Gasteiger partial charge in [0, 0.05) is 26.7 Å². The molecule has 0 spiro atoms. The summed E-state index contributed by atoms with van der Waals surface area (Å²) in [5, 5.41) is 6.66. The van der Waals surface area contributed by atoms with Crippen LogP contribution in [-0.2, 0) is 0 Å². The molecule has 20 heavy (non-hydrogen) atoms. The van der Waals surface area contributed by atoms with Crippen LogP contribution < -0.4 is 15.5 Å². The van der Waals surface area contributed by atoms with Crippen LogP contribution in [0.15, 0.2) is 0 Å². The Kier molecular flexibility index (Phi) is 4.30. The SMILES string of the molecule is CCNc1nc(NC2CCCC2(C)C)nc(N(C)C)n1. The van der Waals surface area contributed by atoms with Gasteiger partial charge >= 0.3 is 0 Å². The van der Waals surface area contributed by atoms with Crippen LogP contribution in [0.3, 0.4) is 0 Å². The van der Waals surface area contributed by atoms with Gasteiger partial charge in [-0.05, 0) is 25.2 Å². The smallest absolute Gasteiger partial charge is 0.231 e. The summed E-state index contributed by atoms with van der Waals surface area (Å²) >= 11 is 0. The lowest BCUT2D eigenvalue weighted by Gasteiger charge is -2.28. The van der Waals surface area contributed by atoms with Gasteiger partial charge in [-0.2, -0.15) is 15.0 Å². The first-order valence-corrected chi connectivity index (χ1v) is 7.36. The topological polar surface area (TPSA) is 66.0 Å². The first-order chi connectivity index (χ1) is 9.42. The highest BCUT2D eigenvalue weighted by Crippen LogP contribution is 2.38. The summed E-state index contributed by atoms with van der Waals surface area (Å²) < 4.78 is 0. The highest BCUT2D eigenvalue weighted by molar-refractivity contribution is 5.43. The minimum absolute atomic E-state index is 0.295. The van der Waals surface area contributed by atoms with E-state index in [0.717, 1.165) is 6.54 Å². The normalized spacial score (nSPS) is 20.8. The fourth-order valence-corrected chi connectivity index (χ4v) is 2.62. The van der Waals surface area contributed by atoms with Crippen molar-refractivity contribution in [1.82, 2.24) is 15.0 Å². The van der Waals surface area contributed by atoms with E-state index in [0.29, 0.717) is 29.3 Å². The van der Waals surface area contributed by atoms with Crippen molar-refractivity contribution in [2.24, 2.45) is 5.41 Å². The second kappa shape index (κ2) is 5.81. The maximum absolute atomic E-state index is 4.50. The van der Waals surface area contributed by atoms with Crippen molar-refractivity contribution in [3.05, 3.63) is 0 Å². The van der Waals surface area contributed by atoms with E-state index in [9.17, 15) is 0 Å². The van der Waals surface area contributed by atoms with E-state index in [2.05, 4.69) is 39.4 Å². The monoisotopic (exact) mass is 278 g/mol. The maximum atomic E-state index is 4.50. The molecule has 1 atom stereocenters. The summed E-state index contributed by atoms with van der Waals surface area (Å²) in [6, 6.07) is 0.425. The predicted octanol–water partition coefficient (Wildman–Crippen LogP) is 2.36. The molecule has 112 valence electrons. The summed E-state index contributed by atoms with van der Waals surface area (Å²) in [6.45, 7) is 7.44. The van der Waals surface area contributed by atoms with E-state index in [-0.39, 0.29) is 0 Å². The summed E-state index contributed by atoms with van der Waals surface area (Å²) in [6.07, 6.45) is 3.68. The molecule has 2 N–H and O–H groups in total. The first-order valence-electron chi connectivity index (χ1n) is 7.36. The fourth-order valence-electron chi connectivity index (χ4n) is 2.62. The predicted molar refractivity (Wildman–Crippen MR) is 83.4 cm³/mol. The lowest BCUT2D eigenvalue weighted by Crippen LogP contribution is -2.32. The molecule has 1 heterocycles. The Hall–Kier alpha value is -1.59. The summed E-state index contributed by atoms with van der Waals surface area (Å²) in [5.41, 5.74) is 0.295. The van der Waals surface area contributed by atoms with E-state index in [1.807, 2.05) is 25.9 Å². The van der Waals surface area contributed by atoms with Crippen LogP contribution >= 0.6 is 0 Å². The summed E-state index contributed by atoms with van der Waals surface area (Å²) in [4.78, 5) is 15.2. The van der Waals surface area contributed by atoms with E-state index >= 15 is 0 Å². The molecule has 1 unspecified atom stereocenters. The Bertz CT molecular complexity index is 457. The number of hydrogen-bond donors (Lipinski definition) is 2. The molecule has 1 aromatic heterocycles. The van der Waals surface area contributed by atoms with Crippen LogP contribution in [0.2, 0.25) is 0 Å². The van der Waals surface area contributed by atoms with Crippen molar-refractivity contribution in [1.29, 1.82) is 0 Å². The van der Waals surface area contributed by atoms with Gasteiger partial charge in [-0.1, -0.05) is 20.3 Å². The molecule has 0 bridgehead atoms. The number of rotatable bonds is 5. The van der Waals surface area contributed by atoms with Crippen molar-refractivity contribution in [2.75, 3.05) is 36.2 Å². The van der Waals surface area contributed by atoms with Crippen LogP contribution in [0, 0.1) is 5.41 Å². The number of nitrogens with one attached hydrogen (secondary N) is 2. The van der Waals surface area contributed by atoms with E-state index in [4.69, 9.17) is 0 Å². The number of aromatic nitrogens is 3. The molecule has 0 aromatic carbocycles. The lowest BCUT2D eigenvalue weighted by atomic mass is 9.87. The van der Waals surface area contributed by atoms with Crippen LogP contribution in [0.25, 0.3) is 0 Å². The highest BCUT2D eigenvalue weighted by Gasteiger charge is 2.34. The zero-order chi connectivity index (χ0) is 14.8. The fraction of sp³-hybridized carbons (Fsp3) is 0.786. The van der Waals surface area contributed by atoms with E-state index in [1.165, 1.54) is 19.3 Å². The molecule has 0 saturated heterocycles. The van der Waals surface area contributed by atoms with Gasteiger partial charge < -0.3 is 15.5 Å². The molecule has 1 aliphatic rings. The van der Waals surface area contributed by atoms with Gasteiger partial charge in [0.05, 0.1) is 0 Å². The van der Waals surface area contributed by atoms with E-state index < -0.39 is 0 Å². The van der Waals surface area contributed by atoms with Gasteiger partial charge in [0.15, 0.2) is 0 Å². The first kappa shape index (κ1) is 14.8. The molecule has 6 heteroatoms. The Morgan fingerprint density at radius 1 is 1.20 bits per heavy atom. The molecule has 6 nitrogen and oxygen atoms in total. The third-order valence-electron chi connectivity index (χ3n) is 3.92. The van der Waals surface area contributed by atoms with Gasteiger partial charge in [-0.3, -0.25) is 0 Å². The van der Waals surface area contributed by atoms with Crippen molar-refractivity contribution >= 4 is 17.8 Å². The van der Waals surface area contributed by atoms with Gasteiger partial charge in [0.1, 0.15) is 0 Å². The minimum atomic E-state index is 0.295. The van der Waals surface area contributed by atoms with Gasteiger partial charge in [-0.15, -0.1) is 0 Å².